The zero-order chi connectivity index (χ0) is 14.8. The zero-order valence-corrected chi connectivity index (χ0v) is 10.8. The molecule has 0 bridgehead atoms. The van der Waals surface area contributed by atoms with Crippen LogP contribution in [0.1, 0.15) is 11.3 Å². The first-order chi connectivity index (χ1) is 9.40. The maximum Gasteiger partial charge on any atom is 0.419 e. The topological polar surface area (TPSA) is 47.0 Å². The monoisotopic (exact) mass is 283 g/mol. The Morgan fingerprint density at radius 1 is 1.15 bits per heavy atom. The SMILES string of the molecule is CNc1nc(C)cc(Oc2ccccc2C(F)(F)F)n1. The van der Waals surface area contributed by atoms with Gasteiger partial charge in [-0.3, -0.25) is 0 Å². The summed E-state index contributed by atoms with van der Waals surface area (Å²) in [6.07, 6.45) is -4.48. The van der Waals surface area contributed by atoms with Gasteiger partial charge in [0.2, 0.25) is 11.8 Å². The normalized spacial score (nSPS) is 11.2. The van der Waals surface area contributed by atoms with E-state index in [0.29, 0.717) is 5.69 Å². The number of alkyl halides is 3. The molecule has 0 aliphatic carbocycles. The van der Waals surface area contributed by atoms with E-state index >= 15 is 0 Å². The maximum atomic E-state index is 12.9. The number of para-hydroxylation sites is 1. The Labute approximate surface area is 113 Å². The molecule has 0 atom stereocenters. The molecule has 0 saturated carbocycles. The van der Waals surface area contributed by atoms with Gasteiger partial charge in [0.25, 0.3) is 0 Å². The van der Waals surface area contributed by atoms with Gasteiger partial charge in [-0.05, 0) is 19.1 Å². The van der Waals surface area contributed by atoms with E-state index in [4.69, 9.17) is 4.74 Å². The fourth-order valence-electron chi connectivity index (χ4n) is 1.61. The quantitative estimate of drug-likeness (QED) is 0.934. The summed E-state index contributed by atoms with van der Waals surface area (Å²) in [5.41, 5.74) is -0.258. The fraction of sp³-hybridized carbons (Fsp3) is 0.231. The van der Waals surface area contributed by atoms with E-state index < -0.39 is 11.7 Å². The zero-order valence-electron chi connectivity index (χ0n) is 10.8. The van der Waals surface area contributed by atoms with Gasteiger partial charge in [0.05, 0.1) is 5.56 Å². The van der Waals surface area contributed by atoms with Crippen molar-refractivity contribution in [3.05, 3.63) is 41.6 Å². The minimum absolute atomic E-state index is 0.0542. The minimum atomic E-state index is -4.48. The van der Waals surface area contributed by atoms with E-state index in [1.807, 2.05) is 0 Å². The molecular weight excluding hydrogens is 271 g/mol. The molecule has 0 aliphatic heterocycles. The van der Waals surface area contributed by atoms with Crippen LogP contribution in [0.3, 0.4) is 0 Å². The van der Waals surface area contributed by atoms with E-state index in [2.05, 4.69) is 15.3 Å². The van der Waals surface area contributed by atoms with Gasteiger partial charge >= 0.3 is 6.18 Å². The first kappa shape index (κ1) is 14.1. The number of halogens is 3. The van der Waals surface area contributed by atoms with Crippen molar-refractivity contribution in [1.82, 2.24) is 9.97 Å². The van der Waals surface area contributed by atoms with E-state index in [-0.39, 0.29) is 17.6 Å². The van der Waals surface area contributed by atoms with Crippen molar-refractivity contribution in [1.29, 1.82) is 0 Å². The molecular formula is C13H12F3N3O. The molecule has 0 amide bonds. The average Bonchev–Trinajstić information content (AvgIpc) is 2.37. The minimum Gasteiger partial charge on any atom is -0.438 e. The van der Waals surface area contributed by atoms with Gasteiger partial charge in [0.15, 0.2) is 0 Å². The predicted octanol–water partition coefficient (Wildman–Crippen LogP) is 3.64. The number of benzene rings is 1. The number of hydrogen-bond acceptors (Lipinski definition) is 4. The summed E-state index contributed by atoms with van der Waals surface area (Å²) in [5.74, 6) is 0.0446. The highest BCUT2D eigenvalue weighted by atomic mass is 19.4. The molecule has 1 aromatic heterocycles. The Morgan fingerprint density at radius 3 is 2.50 bits per heavy atom. The van der Waals surface area contributed by atoms with E-state index in [9.17, 15) is 13.2 Å². The number of aryl methyl sites for hydroxylation is 1. The van der Waals surface area contributed by atoms with E-state index in [1.165, 1.54) is 24.3 Å². The van der Waals surface area contributed by atoms with E-state index in [0.717, 1.165) is 6.07 Å². The van der Waals surface area contributed by atoms with Crippen LogP contribution in [0.2, 0.25) is 0 Å². The molecule has 4 nitrogen and oxygen atoms in total. The molecule has 1 aromatic carbocycles. The third kappa shape index (κ3) is 3.17. The number of nitrogens with one attached hydrogen (secondary N) is 1. The van der Waals surface area contributed by atoms with Gasteiger partial charge in [-0.15, -0.1) is 0 Å². The Hall–Kier alpha value is -2.31. The summed E-state index contributed by atoms with van der Waals surface area (Å²) in [4.78, 5) is 8.00. The van der Waals surface area contributed by atoms with E-state index in [1.54, 1.807) is 14.0 Å². The summed E-state index contributed by atoms with van der Waals surface area (Å²) < 4.78 is 43.8. The fourth-order valence-corrected chi connectivity index (χ4v) is 1.61. The molecule has 20 heavy (non-hydrogen) atoms. The smallest absolute Gasteiger partial charge is 0.419 e. The molecule has 0 radical (unpaired) electrons. The second-order valence-corrected chi connectivity index (χ2v) is 4.02. The second-order valence-electron chi connectivity index (χ2n) is 4.02. The average molecular weight is 283 g/mol. The Bertz CT molecular complexity index is 614. The molecule has 1 heterocycles. The Morgan fingerprint density at radius 2 is 1.85 bits per heavy atom. The van der Waals surface area contributed by atoms with Crippen molar-refractivity contribution in [3.63, 3.8) is 0 Å². The van der Waals surface area contributed by atoms with Gasteiger partial charge < -0.3 is 10.1 Å². The summed E-state index contributed by atoms with van der Waals surface area (Å²) in [6.45, 7) is 1.70. The standard InChI is InChI=1S/C13H12F3N3O/c1-8-7-11(19-12(17-2)18-8)20-10-6-4-3-5-9(10)13(14,15)16/h3-7H,1-2H3,(H,17,18,19). The van der Waals surface area contributed by atoms with Crippen LogP contribution in [0.4, 0.5) is 19.1 Å². The van der Waals surface area contributed by atoms with Crippen molar-refractivity contribution < 1.29 is 17.9 Å². The van der Waals surface area contributed by atoms with Crippen LogP contribution >= 0.6 is 0 Å². The van der Waals surface area contributed by atoms with Crippen molar-refractivity contribution in [3.8, 4) is 11.6 Å². The lowest BCUT2D eigenvalue weighted by Crippen LogP contribution is -2.07. The van der Waals surface area contributed by atoms with Crippen molar-refractivity contribution >= 4 is 5.95 Å². The third-order valence-corrected chi connectivity index (χ3v) is 2.46. The van der Waals surface area contributed by atoms with Gasteiger partial charge in [0.1, 0.15) is 5.75 Å². The predicted molar refractivity (Wildman–Crippen MR) is 67.8 cm³/mol. The number of hydrogen-bond donors (Lipinski definition) is 1. The number of rotatable bonds is 3. The second kappa shape index (κ2) is 5.36. The van der Waals surface area contributed by atoms with Gasteiger partial charge in [-0.1, -0.05) is 12.1 Å². The highest BCUT2D eigenvalue weighted by Gasteiger charge is 2.34. The van der Waals surface area contributed by atoms with Crippen molar-refractivity contribution in [2.75, 3.05) is 12.4 Å². The Kier molecular flexibility index (Phi) is 3.78. The van der Waals surface area contributed by atoms with Crippen molar-refractivity contribution in [2.24, 2.45) is 0 Å². The molecule has 106 valence electrons. The summed E-state index contributed by atoms with van der Waals surface area (Å²) >= 11 is 0. The molecule has 2 aromatic rings. The van der Waals surface area contributed by atoms with Crippen molar-refractivity contribution in [2.45, 2.75) is 13.1 Å². The molecule has 1 N–H and O–H groups in total. The van der Waals surface area contributed by atoms with Crippen LogP contribution in [0.5, 0.6) is 11.6 Å². The molecule has 0 spiro atoms. The van der Waals surface area contributed by atoms with Crippen LogP contribution in [-0.4, -0.2) is 17.0 Å². The lowest BCUT2D eigenvalue weighted by atomic mass is 10.2. The summed E-state index contributed by atoms with van der Waals surface area (Å²) in [5, 5.41) is 2.71. The number of ether oxygens (including phenoxy) is 1. The largest absolute Gasteiger partial charge is 0.438 e. The molecule has 7 heteroatoms. The van der Waals surface area contributed by atoms with Gasteiger partial charge in [-0.2, -0.15) is 18.2 Å². The first-order valence-corrected chi connectivity index (χ1v) is 5.77. The third-order valence-electron chi connectivity index (χ3n) is 2.46. The number of anilines is 1. The summed E-state index contributed by atoms with van der Waals surface area (Å²) in [6, 6.07) is 6.45. The van der Waals surface area contributed by atoms with Crippen LogP contribution in [0.15, 0.2) is 30.3 Å². The van der Waals surface area contributed by atoms with Crippen LogP contribution in [-0.2, 0) is 6.18 Å². The number of nitrogens with zero attached hydrogens (tertiary/aromatic N) is 2. The molecule has 0 aliphatic rings. The Balaban J connectivity index is 2.38. The van der Waals surface area contributed by atoms with Gasteiger partial charge in [0, 0.05) is 18.8 Å². The van der Waals surface area contributed by atoms with Crippen LogP contribution in [0, 0.1) is 6.92 Å². The first-order valence-electron chi connectivity index (χ1n) is 5.77. The van der Waals surface area contributed by atoms with Crippen LogP contribution < -0.4 is 10.1 Å². The van der Waals surface area contributed by atoms with Crippen LogP contribution in [0.25, 0.3) is 0 Å². The lowest BCUT2D eigenvalue weighted by Gasteiger charge is -2.13. The molecule has 0 fully saturated rings. The molecule has 0 unspecified atom stereocenters. The molecule has 2 rings (SSSR count). The highest BCUT2D eigenvalue weighted by Crippen LogP contribution is 2.37. The molecule has 0 saturated heterocycles. The highest BCUT2D eigenvalue weighted by molar-refractivity contribution is 5.39. The summed E-state index contributed by atoms with van der Waals surface area (Å²) in [7, 11) is 1.61. The van der Waals surface area contributed by atoms with Gasteiger partial charge in [-0.25, -0.2) is 4.98 Å². The maximum absolute atomic E-state index is 12.9. The number of aromatic nitrogens is 2. The lowest BCUT2D eigenvalue weighted by molar-refractivity contribution is -0.138.